The third kappa shape index (κ3) is 2.35. The van der Waals surface area contributed by atoms with E-state index in [9.17, 15) is 17.2 Å². The highest BCUT2D eigenvalue weighted by molar-refractivity contribution is 8.13. The molecule has 2 N–H and O–H groups in total. The lowest BCUT2D eigenvalue weighted by Gasteiger charge is -2.10. The first-order valence-electron chi connectivity index (χ1n) is 3.73. The predicted molar refractivity (Wildman–Crippen MR) is 51.4 cm³/mol. The molecule has 84 valence electrons. The maximum atomic E-state index is 12.5. The van der Waals surface area contributed by atoms with Crippen LogP contribution in [0.2, 0.25) is 0 Å². The van der Waals surface area contributed by atoms with E-state index in [1.165, 1.54) is 6.92 Å². The molecule has 0 unspecified atom stereocenters. The average Bonchev–Trinajstić information content (AvgIpc) is 2.00. The van der Waals surface area contributed by atoms with Crippen LogP contribution in [0, 0.1) is 6.92 Å². The summed E-state index contributed by atoms with van der Waals surface area (Å²) in [4.78, 5) is 3.41. The number of pyridine rings is 1. The van der Waals surface area contributed by atoms with E-state index in [2.05, 4.69) is 4.98 Å². The van der Waals surface area contributed by atoms with Crippen LogP contribution in [-0.2, 0) is 9.05 Å². The lowest BCUT2D eigenvalue weighted by atomic mass is 10.1. The second kappa shape index (κ2) is 3.90. The zero-order valence-electron chi connectivity index (χ0n) is 7.54. The number of halogens is 3. The Kier molecular flexibility index (Phi) is 3.15. The fourth-order valence-corrected chi connectivity index (χ4v) is 2.28. The van der Waals surface area contributed by atoms with Crippen molar-refractivity contribution in [2.45, 2.75) is 18.4 Å². The van der Waals surface area contributed by atoms with Gasteiger partial charge in [-0.1, -0.05) is 0 Å². The molecule has 1 aromatic rings. The van der Waals surface area contributed by atoms with Crippen LogP contribution in [0.15, 0.2) is 11.2 Å². The summed E-state index contributed by atoms with van der Waals surface area (Å²) in [6.07, 6.45) is -2.02. The number of anilines is 1. The maximum Gasteiger partial charge on any atom is 0.278 e. The van der Waals surface area contributed by atoms with E-state index in [1.54, 1.807) is 0 Å². The molecule has 4 nitrogen and oxygen atoms in total. The number of nitrogens with two attached hydrogens (primary N) is 1. The lowest BCUT2D eigenvalue weighted by Crippen LogP contribution is -2.06. The summed E-state index contributed by atoms with van der Waals surface area (Å²) < 4.78 is 46.9. The zero-order chi connectivity index (χ0) is 11.8. The van der Waals surface area contributed by atoms with Crippen molar-refractivity contribution in [1.82, 2.24) is 4.98 Å². The van der Waals surface area contributed by atoms with Crippen LogP contribution >= 0.6 is 10.7 Å². The van der Waals surface area contributed by atoms with Crippen molar-refractivity contribution in [2.24, 2.45) is 0 Å². The second-order valence-corrected chi connectivity index (χ2v) is 5.28. The van der Waals surface area contributed by atoms with Crippen LogP contribution in [0.25, 0.3) is 0 Å². The minimum atomic E-state index is -4.13. The summed E-state index contributed by atoms with van der Waals surface area (Å²) in [7, 11) is 0.883. The Hall–Kier alpha value is -0.950. The SMILES string of the molecule is Cc1c(S(=O)(=O)Cl)ncc(N)c1C(F)F. The number of alkyl halides is 2. The van der Waals surface area contributed by atoms with Gasteiger partial charge in [-0.15, -0.1) is 0 Å². The van der Waals surface area contributed by atoms with E-state index in [1.807, 2.05) is 0 Å². The molecule has 1 heterocycles. The Bertz CT molecular complexity index is 490. The van der Waals surface area contributed by atoms with Gasteiger partial charge in [0.1, 0.15) is 0 Å². The van der Waals surface area contributed by atoms with Gasteiger partial charge in [0.25, 0.3) is 15.5 Å². The van der Waals surface area contributed by atoms with Gasteiger partial charge in [0.15, 0.2) is 5.03 Å². The van der Waals surface area contributed by atoms with Gasteiger partial charge in [-0.05, 0) is 12.5 Å². The van der Waals surface area contributed by atoms with Crippen molar-refractivity contribution in [1.29, 1.82) is 0 Å². The van der Waals surface area contributed by atoms with Crippen molar-refractivity contribution in [3.8, 4) is 0 Å². The van der Waals surface area contributed by atoms with E-state index in [-0.39, 0.29) is 11.3 Å². The minimum Gasteiger partial charge on any atom is -0.397 e. The molecule has 1 rings (SSSR count). The number of aromatic nitrogens is 1. The normalized spacial score (nSPS) is 12.1. The molecule has 0 atom stereocenters. The summed E-state index contributed by atoms with van der Waals surface area (Å²) in [5.74, 6) is 0. The molecule has 0 aliphatic rings. The fourth-order valence-electron chi connectivity index (χ4n) is 1.16. The first-order chi connectivity index (χ1) is 6.75. The van der Waals surface area contributed by atoms with Crippen LogP contribution in [0.5, 0.6) is 0 Å². The van der Waals surface area contributed by atoms with Crippen molar-refractivity contribution in [3.05, 3.63) is 17.3 Å². The lowest BCUT2D eigenvalue weighted by molar-refractivity contribution is 0.151. The fraction of sp³-hybridized carbons (Fsp3) is 0.286. The highest BCUT2D eigenvalue weighted by atomic mass is 35.7. The van der Waals surface area contributed by atoms with E-state index in [4.69, 9.17) is 16.4 Å². The average molecular weight is 257 g/mol. The molecular formula is C7H7ClF2N2O2S. The Morgan fingerprint density at radius 1 is 1.53 bits per heavy atom. The highest BCUT2D eigenvalue weighted by Gasteiger charge is 2.23. The Balaban J connectivity index is 3.56. The molecule has 0 radical (unpaired) electrons. The molecule has 15 heavy (non-hydrogen) atoms. The molecule has 8 heteroatoms. The van der Waals surface area contributed by atoms with Crippen LogP contribution in [0.1, 0.15) is 17.6 Å². The smallest absolute Gasteiger partial charge is 0.278 e. The van der Waals surface area contributed by atoms with Gasteiger partial charge in [0.2, 0.25) is 0 Å². The van der Waals surface area contributed by atoms with Crippen LogP contribution < -0.4 is 5.73 Å². The number of hydrogen-bond acceptors (Lipinski definition) is 4. The summed E-state index contributed by atoms with van der Waals surface area (Å²) in [5, 5.41) is -0.589. The van der Waals surface area contributed by atoms with Crippen molar-refractivity contribution < 1.29 is 17.2 Å². The molecule has 0 fully saturated rings. The monoisotopic (exact) mass is 256 g/mol. The standard InChI is InChI=1S/C7H7ClF2N2O2S/c1-3-5(6(9)10)4(11)2-12-7(3)15(8,13)14/h2,6H,11H2,1H3. The summed E-state index contributed by atoms with van der Waals surface area (Å²) >= 11 is 0. The molecule has 0 saturated heterocycles. The third-order valence-electron chi connectivity index (χ3n) is 1.81. The molecule has 0 saturated carbocycles. The van der Waals surface area contributed by atoms with Gasteiger partial charge in [-0.3, -0.25) is 0 Å². The van der Waals surface area contributed by atoms with Crippen LogP contribution in [-0.4, -0.2) is 13.4 Å². The topological polar surface area (TPSA) is 73.0 Å². The molecule has 0 spiro atoms. The van der Waals surface area contributed by atoms with Crippen molar-refractivity contribution in [2.75, 3.05) is 5.73 Å². The quantitative estimate of drug-likeness (QED) is 0.820. The van der Waals surface area contributed by atoms with E-state index in [0.29, 0.717) is 0 Å². The van der Waals surface area contributed by atoms with E-state index < -0.39 is 26.1 Å². The number of rotatable bonds is 2. The molecule has 0 aromatic carbocycles. The summed E-state index contributed by atoms with van der Waals surface area (Å²) in [6, 6.07) is 0. The summed E-state index contributed by atoms with van der Waals surface area (Å²) in [5.41, 5.74) is 4.22. The zero-order valence-corrected chi connectivity index (χ0v) is 9.11. The molecule has 0 aliphatic carbocycles. The Labute approximate surface area is 89.5 Å². The number of nitrogen functional groups attached to an aromatic ring is 1. The van der Waals surface area contributed by atoms with Crippen molar-refractivity contribution >= 4 is 25.4 Å². The van der Waals surface area contributed by atoms with Gasteiger partial charge in [0, 0.05) is 16.2 Å². The first-order valence-corrected chi connectivity index (χ1v) is 6.04. The molecule has 0 aliphatic heterocycles. The van der Waals surface area contributed by atoms with Crippen molar-refractivity contribution in [3.63, 3.8) is 0 Å². The number of nitrogens with zero attached hydrogens (tertiary/aromatic N) is 1. The Morgan fingerprint density at radius 2 is 2.07 bits per heavy atom. The van der Waals surface area contributed by atoms with Gasteiger partial charge >= 0.3 is 0 Å². The third-order valence-corrected chi connectivity index (χ3v) is 3.12. The molecule has 0 amide bonds. The van der Waals surface area contributed by atoms with Crippen LogP contribution in [0.3, 0.4) is 0 Å². The minimum absolute atomic E-state index is 0.222. The summed E-state index contributed by atoms with van der Waals surface area (Å²) in [6.45, 7) is 1.18. The van der Waals surface area contributed by atoms with Gasteiger partial charge in [-0.25, -0.2) is 22.2 Å². The molecule has 0 bridgehead atoms. The number of hydrogen-bond donors (Lipinski definition) is 1. The molecule has 1 aromatic heterocycles. The van der Waals surface area contributed by atoms with E-state index in [0.717, 1.165) is 6.20 Å². The predicted octanol–water partition coefficient (Wildman–Crippen LogP) is 1.84. The maximum absolute atomic E-state index is 12.5. The Morgan fingerprint density at radius 3 is 2.47 bits per heavy atom. The van der Waals surface area contributed by atoms with Gasteiger partial charge < -0.3 is 5.73 Å². The first kappa shape index (κ1) is 12.1. The van der Waals surface area contributed by atoms with Gasteiger partial charge in [-0.2, -0.15) is 0 Å². The highest BCUT2D eigenvalue weighted by Crippen LogP contribution is 2.31. The second-order valence-electron chi connectivity index (χ2n) is 2.80. The van der Waals surface area contributed by atoms with Gasteiger partial charge in [0.05, 0.1) is 11.9 Å². The van der Waals surface area contributed by atoms with E-state index >= 15 is 0 Å². The largest absolute Gasteiger partial charge is 0.397 e. The van der Waals surface area contributed by atoms with Crippen LogP contribution in [0.4, 0.5) is 14.5 Å². The molecular weight excluding hydrogens is 250 g/mol.